The van der Waals surface area contributed by atoms with Gasteiger partial charge in [0.2, 0.25) is 0 Å². The fraction of sp³-hybridized carbons (Fsp3) is 0.0588. The largest absolute Gasteiger partial charge is 0.508 e. The van der Waals surface area contributed by atoms with Gasteiger partial charge < -0.3 is 14.8 Å². The van der Waals surface area contributed by atoms with E-state index in [1.807, 2.05) is 4.57 Å². The number of aromatic carboxylic acids is 1. The molecule has 3 aromatic rings. The summed E-state index contributed by atoms with van der Waals surface area (Å²) >= 11 is 0. The van der Waals surface area contributed by atoms with Gasteiger partial charge in [-0.05, 0) is 48.9 Å². The zero-order valence-corrected chi connectivity index (χ0v) is 11.7. The van der Waals surface area contributed by atoms with Crippen LogP contribution in [0.15, 0.2) is 42.6 Å². The molecule has 1 aromatic heterocycles. The minimum absolute atomic E-state index is 0.142. The third-order valence-corrected chi connectivity index (χ3v) is 3.64. The van der Waals surface area contributed by atoms with Gasteiger partial charge in [-0.25, -0.2) is 4.79 Å². The van der Waals surface area contributed by atoms with Crippen LogP contribution in [0.5, 0.6) is 5.75 Å². The van der Waals surface area contributed by atoms with Gasteiger partial charge in [0.25, 0.3) is 0 Å². The fourth-order valence-corrected chi connectivity index (χ4v) is 2.43. The Morgan fingerprint density at radius 3 is 2.50 bits per heavy atom. The molecule has 5 heteroatoms. The molecule has 0 bridgehead atoms. The van der Waals surface area contributed by atoms with Crippen molar-refractivity contribution in [2.24, 2.45) is 0 Å². The molecule has 0 fully saturated rings. The van der Waals surface area contributed by atoms with Crippen molar-refractivity contribution in [3.8, 4) is 17.5 Å². The molecule has 0 aliphatic rings. The number of carboxylic acid groups (broad SMARTS) is 1. The molecule has 3 rings (SSSR count). The van der Waals surface area contributed by atoms with Gasteiger partial charge in [0.15, 0.2) is 0 Å². The quantitative estimate of drug-likeness (QED) is 0.759. The third-order valence-electron chi connectivity index (χ3n) is 3.64. The van der Waals surface area contributed by atoms with Gasteiger partial charge in [0.05, 0.1) is 16.6 Å². The van der Waals surface area contributed by atoms with Gasteiger partial charge in [-0.15, -0.1) is 0 Å². The Bertz CT molecular complexity index is 931. The molecule has 0 saturated carbocycles. The number of aromatic hydroxyl groups is 1. The van der Waals surface area contributed by atoms with Crippen molar-refractivity contribution in [1.82, 2.24) is 4.57 Å². The highest BCUT2D eigenvalue weighted by Crippen LogP contribution is 2.30. The van der Waals surface area contributed by atoms with Gasteiger partial charge >= 0.3 is 5.97 Å². The number of hydrogen-bond acceptors (Lipinski definition) is 3. The maximum Gasteiger partial charge on any atom is 0.335 e. The molecule has 5 nitrogen and oxygen atoms in total. The van der Waals surface area contributed by atoms with Crippen LogP contribution in [0, 0.1) is 18.3 Å². The van der Waals surface area contributed by atoms with Crippen LogP contribution in [0.3, 0.4) is 0 Å². The van der Waals surface area contributed by atoms with E-state index in [2.05, 4.69) is 6.07 Å². The number of carboxylic acids is 1. The van der Waals surface area contributed by atoms with Gasteiger partial charge in [0.1, 0.15) is 11.8 Å². The van der Waals surface area contributed by atoms with E-state index in [1.165, 1.54) is 12.1 Å². The minimum Gasteiger partial charge on any atom is -0.508 e. The number of phenols is 1. The molecular formula is C17H12N2O3. The van der Waals surface area contributed by atoms with E-state index in [-0.39, 0.29) is 11.3 Å². The Hall–Kier alpha value is -3.26. The van der Waals surface area contributed by atoms with Gasteiger partial charge in [-0.2, -0.15) is 5.26 Å². The van der Waals surface area contributed by atoms with Crippen LogP contribution in [0.4, 0.5) is 0 Å². The van der Waals surface area contributed by atoms with Crippen LogP contribution in [0.1, 0.15) is 21.5 Å². The lowest BCUT2D eigenvalue weighted by Crippen LogP contribution is -1.97. The number of fused-ring (bicyclic) bond motifs is 1. The van der Waals surface area contributed by atoms with E-state index in [9.17, 15) is 15.2 Å². The Balaban J connectivity index is 2.24. The molecule has 22 heavy (non-hydrogen) atoms. The lowest BCUT2D eigenvalue weighted by atomic mass is 10.1. The summed E-state index contributed by atoms with van der Waals surface area (Å²) in [7, 11) is 0. The monoisotopic (exact) mass is 292 g/mol. The molecule has 0 saturated heterocycles. The fourth-order valence-electron chi connectivity index (χ4n) is 2.43. The number of benzene rings is 2. The van der Waals surface area contributed by atoms with Crippen molar-refractivity contribution in [1.29, 1.82) is 5.26 Å². The Kier molecular flexibility index (Phi) is 3.08. The summed E-state index contributed by atoms with van der Waals surface area (Å²) in [6.07, 6.45) is 1.68. The molecule has 2 aromatic carbocycles. The maximum atomic E-state index is 10.9. The number of nitriles is 1. The normalized spacial score (nSPS) is 10.5. The van der Waals surface area contributed by atoms with Crippen molar-refractivity contribution in [2.45, 2.75) is 6.92 Å². The third kappa shape index (κ3) is 2.07. The summed E-state index contributed by atoms with van der Waals surface area (Å²) in [5.41, 5.74) is 2.90. The Morgan fingerprint density at radius 2 is 1.91 bits per heavy atom. The molecule has 0 amide bonds. The average molecular weight is 292 g/mol. The number of nitrogens with zero attached hydrogens (tertiary/aromatic N) is 2. The van der Waals surface area contributed by atoms with E-state index >= 15 is 0 Å². The second kappa shape index (κ2) is 4.93. The summed E-state index contributed by atoms with van der Waals surface area (Å²) in [5, 5.41) is 28.7. The van der Waals surface area contributed by atoms with Crippen LogP contribution in [-0.2, 0) is 0 Å². The molecule has 0 atom stereocenters. The summed E-state index contributed by atoms with van der Waals surface area (Å²) in [5.74, 6) is -0.842. The Labute approximate surface area is 126 Å². The first-order valence-corrected chi connectivity index (χ1v) is 6.60. The molecule has 2 N–H and O–H groups in total. The van der Waals surface area contributed by atoms with Crippen LogP contribution in [-0.4, -0.2) is 20.7 Å². The Morgan fingerprint density at radius 1 is 1.23 bits per heavy atom. The van der Waals surface area contributed by atoms with Crippen molar-refractivity contribution < 1.29 is 15.0 Å². The van der Waals surface area contributed by atoms with Crippen LogP contribution in [0.25, 0.3) is 16.6 Å². The smallest absolute Gasteiger partial charge is 0.335 e. The molecule has 108 valence electrons. The number of hydrogen-bond donors (Lipinski definition) is 2. The first kappa shape index (κ1) is 13.7. The predicted molar refractivity (Wildman–Crippen MR) is 81.4 cm³/mol. The van der Waals surface area contributed by atoms with Gasteiger partial charge in [-0.1, -0.05) is 0 Å². The molecule has 0 radical (unpaired) electrons. The molecule has 1 heterocycles. The van der Waals surface area contributed by atoms with E-state index < -0.39 is 5.97 Å². The summed E-state index contributed by atoms with van der Waals surface area (Å²) in [6.45, 7) is 1.78. The number of aromatic nitrogens is 1. The van der Waals surface area contributed by atoms with E-state index in [0.717, 1.165) is 11.2 Å². The predicted octanol–water partition coefficient (Wildman–Crippen LogP) is 3.21. The zero-order valence-electron chi connectivity index (χ0n) is 11.7. The van der Waals surface area contributed by atoms with Crippen molar-refractivity contribution >= 4 is 16.9 Å². The van der Waals surface area contributed by atoms with E-state index in [4.69, 9.17) is 5.11 Å². The lowest BCUT2D eigenvalue weighted by Gasteiger charge is -2.07. The molecular weight excluding hydrogens is 280 g/mol. The standard InChI is InChI=1S/C17H12N2O3/c1-10-6-15-14(7-16(10)20)12(8-18)9-19(15)13-4-2-11(3-5-13)17(21)22/h2-7,9,20H,1H3,(H,21,22). The molecule has 0 aliphatic heterocycles. The van der Waals surface area contributed by atoms with Crippen LogP contribution in [0.2, 0.25) is 0 Å². The number of carbonyl (C=O) groups is 1. The molecule has 0 spiro atoms. The first-order chi connectivity index (χ1) is 10.5. The highest BCUT2D eigenvalue weighted by Gasteiger charge is 2.12. The summed E-state index contributed by atoms with van der Waals surface area (Å²) < 4.78 is 1.81. The molecule has 0 unspecified atom stereocenters. The van der Waals surface area contributed by atoms with E-state index in [0.29, 0.717) is 16.5 Å². The van der Waals surface area contributed by atoms with Gasteiger partial charge in [-0.3, -0.25) is 0 Å². The van der Waals surface area contributed by atoms with Crippen LogP contribution < -0.4 is 0 Å². The SMILES string of the molecule is Cc1cc2c(cc1O)c(C#N)cn2-c1ccc(C(=O)O)cc1. The molecule has 0 aliphatic carbocycles. The van der Waals surface area contributed by atoms with E-state index in [1.54, 1.807) is 37.4 Å². The number of rotatable bonds is 2. The average Bonchev–Trinajstić information content (AvgIpc) is 2.85. The van der Waals surface area contributed by atoms with Gasteiger partial charge in [0, 0.05) is 17.3 Å². The highest BCUT2D eigenvalue weighted by molar-refractivity contribution is 5.90. The topological polar surface area (TPSA) is 86.2 Å². The van der Waals surface area contributed by atoms with Crippen LogP contribution >= 0.6 is 0 Å². The summed E-state index contributed by atoms with van der Waals surface area (Å²) in [6, 6.07) is 11.9. The first-order valence-electron chi connectivity index (χ1n) is 6.60. The van der Waals surface area contributed by atoms with Crippen molar-refractivity contribution in [2.75, 3.05) is 0 Å². The zero-order chi connectivity index (χ0) is 15.9. The minimum atomic E-state index is -0.984. The number of aryl methyl sites for hydroxylation is 1. The maximum absolute atomic E-state index is 10.9. The summed E-state index contributed by atoms with van der Waals surface area (Å²) in [4.78, 5) is 10.9. The van der Waals surface area contributed by atoms with Crippen molar-refractivity contribution in [3.05, 3.63) is 59.3 Å². The number of phenolic OH excluding ortho intramolecular Hbond substituents is 1. The highest BCUT2D eigenvalue weighted by atomic mass is 16.4. The van der Waals surface area contributed by atoms with Crippen molar-refractivity contribution in [3.63, 3.8) is 0 Å². The second-order valence-electron chi connectivity index (χ2n) is 5.03. The second-order valence-corrected chi connectivity index (χ2v) is 5.03. The lowest BCUT2D eigenvalue weighted by molar-refractivity contribution is 0.0697.